The molecule has 2 atom stereocenters. The van der Waals surface area contributed by atoms with E-state index in [1.165, 1.54) is 0 Å². The van der Waals surface area contributed by atoms with Gasteiger partial charge in [-0.1, -0.05) is 24.1 Å². The number of nitrogens with zero attached hydrogens (tertiary/aromatic N) is 1. The fourth-order valence-electron chi connectivity index (χ4n) is 2.60. The van der Waals surface area contributed by atoms with Crippen molar-refractivity contribution in [3.05, 3.63) is 35.9 Å². The Morgan fingerprint density at radius 1 is 1.37 bits per heavy atom. The molecular formula is C16H20N2O. The number of amides is 1. The van der Waals surface area contributed by atoms with E-state index < -0.39 is 0 Å². The molecule has 0 bridgehead atoms. The maximum atomic E-state index is 12.2. The highest BCUT2D eigenvalue weighted by Crippen LogP contribution is 2.22. The second-order valence-corrected chi connectivity index (χ2v) is 5.00. The largest absolute Gasteiger partial charge is 0.328 e. The third kappa shape index (κ3) is 3.36. The number of piperidine rings is 1. The average molecular weight is 256 g/mol. The molecule has 1 aromatic rings. The molecule has 1 fully saturated rings. The van der Waals surface area contributed by atoms with Gasteiger partial charge in [0, 0.05) is 30.1 Å². The number of hydrogen-bond acceptors (Lipinski definition) is 2. The predicted octanol–water partition coefficient (Wildman–Crippen LogP) is 1.77. The normalized spacial score (nSPS) is 22.5. The molecule has 2 rings (SSSR count). The van der Waals surface area contributed by atoms with Crippen molar-refractivity contribution in [3.8, 4) is 11.8 Å². The van der Waals surface area contributed by atoms with E-state index in [1.54, 1.807) is 0 Å². The van der Waals surface area contributed by atoms with Crippen molar-refractivity contribution in [2.75, 3.05) is 6.54 Å². The topological polar surface area (TPSA) is 46.3 Å². The fraction of sp³-hybridized carbons (Fsp3) is 0.438. The van der Waals surface area contributed by atoms with E-state index in [4.69, 9.17) is 5.73 Å². The van der Waals surface area contributed by atoms with Gasteiger partial charge in [0.15, 0.2) is 0 Å². The number of rotatable bonds is 1. The highest BCUT2D eigenvalue weighted by atomic mass is 16.2. The highest BCUT2D eigenvalue weighted by Gasteiger charge is 2.29. The van der Waals surface area contributed by atoms with Gasteiger partial charge in [0.25, 0.3) is 5.91 Å². The van der Waals surface area contributed by atoms with E-state index >= 15 is 0 Å². The second-order valence-electron chi connectivity index (χ2n) is 5.00. The van der Waals surface area contributed by atoms with Crippen LogP contribution in [0.4, 0.5) is 0 Å². The Kier molecular flexibility index (Phi) is 4.59. The maximum absolute atomic E-state index is 12.2. The molecule has 0 radical (unpaired) electrons. The third-order valence-electron chi connectivity index (χ3n) is 3.62. The van der Waals surface area contributed by atoms with Crippen molar-refractivity contribution in [2.45, 2.75) is 38.3 Å². The molecule has 0 saturated carbocycles. The smallest absolute Gasteiger partial charge is 0.299 e. The molecule has 1 saturated heterocycles. The first-order valence-electron chi connectivity index (χ1n) is 6.82. The van der Waals surface area contributed by atoms with Gasteiger partial charge >= 0.3 is 0 Å². The first-order valence-corrected chi connectivity index (χ1v) is 6.82. The van der Waals surface area contributed by atoms with E-state index in [-0.39, 0.29) is 18.0 Å². The van der Waals surface area contributed by atoms with Crippen LogP contribution < -0.4 is 5.73 Å². The number of benzene rings is 1. The van der Waals surface area contributed by atoms with Gasteiger partial charge in [-0.15, -0.1) is 0 Å². The summed E-state index contributed by atoms with van der Waals surface area (Å²) in [5.74, 6) is 5.56. The summed E-state index contributed by atoms with van der Waals surface area (Å²) in [4.78, 5) is 14.1. The summed E-state index contributed by atoms with van der Waals surface area (Å²) in [6.07, 6.45) is 3.16. The molecule has 1 aliphatic rings. The molecule has 3 nitrogen and oxygen atoms in total. The van der Waals surface area contributed by atoms with Crippen LogP contribution in [0.2, 0.25) is 0 Å². The van der Waals surface area contributed by atoms with Crippen LogP contribution >= 0.6 is 0 Å². The number of carbonyl (C=O) groups excluding carboxylic acids is 1. The molecule has 3 heteroatoms. The lowest BCUT2D eigenvalue weighted by molar-refractivity contribution is -0.131. The average Bonchev–Trinajstić information content (AvgIpc) is 2.45. The Morgan fingerprint density at radius 3 is 2.79 bits per heavy atom. The van der Waals surface area contributed by atoms with Gasteiger partial charge in [-0.05, 0) is 38.3 Å². The van der Waals surface area contributed by atoms with Gasteiger partial charge in [-0.2, -0.15) is 0 Å². The van der Waals surface area contributed by atoms with Crippen LogP contribution in [0.1, 0.15) is 31.7 Å². The van der Waals surface area contributed by atoms with Gasteiger partial charge < -0.3 is 10.6 Å². The van der Waals surface area contributed by atoms with Crippen LogP contribution in [0.15, 0.2) is 30.3 Å². The maximum Gasteiger partial charge on any atom is 0.299 e. The van der Waals surface area contributed by atoms with E-state index in [0.717, 1.165) is 24.8 Å². The summed E-state index contributed by atoms with van der Waals surface area (Å²) < 4.78 is 0. The van der Waals surface area contributed by atoms with Crippen molar-refractivity contribution >= 4 is 5.91 Å². The van der Waals surface area contributed by atoms with E-state index in [2.05, 4.69) is 18.8 Å². The minimum atomic E-state index is -0.105. The molecule has 2 N–H and O–H groups in total. The van der Waals surface area contributed by atoms with Crippen LogP contribution in [0.25, 0.3) is 0 Å². The summed E-state index contributed by atoms with van der Waals surface area (Å²) in [7, 11) is 0. The molecule has 0 aliphatic carbocycles. The molecule has 1 aliphatic heterocycles. The molecule has 1 amide bonds. The molecule has 1 heterocycles. The summed E-state index contributed by atoms with van der Waals surface area (Å²) in [5, 5.41) is 0. The van der Waals surface area contributed by atoms with E-state index in [0.29, 0.717) is 6.54 Å². The number of carbonyl (C=O) groups is 1. The SMILES string of the molecule is CC1CCCC(CN)N1C(=O)C#Cc1ccccc1. The molecule has 2 unspecified atom stereocenters. The Morgan fingerprint density at radius 2 is 2.11 bits per heavy atom. The quantitative estimate of drug-likeness (QED) is 0.778. The number of nitrogens with two attached hydrogens (primary N) is 1. The van der Waals surface area contributed by atoms with Gasteiger partial charge in [0.2, 0.25) is 0 Å². The van der Waals surface area contributed by atoms with Crippen LogP contribution in [0.3, 0.4) is 0 Å². The summed E-state index contributed by atoms with van der Waals surface area (Å²) >= 11 is 0. The van der Waals surface area contributed by atoms with Crippen molar-refractivity contribution in [2.24, 2.45) is 5.73 Å². The Hall–Kier alpha value is -1.79. The van der Waals surface area contributed by atoms with Gasteiger partial charge in [-0.25, -0.2) is 0 Å². The van der Waals surface area contributed by atoms with Crippen LogP contribution in [0, 0.1) is 11.8 Å². The first kappa shape index (κ1) is 13.6. The van der Waals surface area contributed by atoms with Gasteiger partial charge in [0.05, 0.1) is 0 Å². The standard InChI is InChI=1S/C16H20N2O/c1-13-6-5-9-15(12-17)18(13)16(19)11-10-14-7-3-2-4-8-14/h2-4,7-8,13,15H,5-6,9,12,17H2,1H3. The zero-order chi connectivity index (χ0) is 13.7. The Balaban J connectivity index is 2.12. The van der Waals surface area contributed by atoms with Crippen LogP contribution in [-0.4, -0.2) is 29.4 Å². The molecular weight excluding hydrogens is 236 g/mol. The lowest BCUT2D eigenvalue weighted by Gasteiger charge is -2.39. The van der Waals surface area contributed by atoms with Crippen molar-refractivity contribution in [1.82, 2.24) is 4.90 Å². The molecule has 0 spiro atoms. The minimum Gasteiger partial charge on any atom is -0.328 e. The lowest BCUT2D eigenvalue weighted by Crippen LogP contribution is -2.51. The number of hydrogen-bond donors (Lipinski definition) is 1. The van der Waals surface area contributed by atoms with E-state index in [9.17, 15) is 4.79 Å². The zero-order valence-electron chi connectivity index (χ0n) is 11.3. The van der Waals surface area contributed by atoms with Gasteiger partial charge in [0.1, 0.15) is 0 Å². The molecule has 1 aromatic carbocycles. The summed E-state index contributed by atoms with van der Waals surface area (Å²) in [6, 6.07) is 9.95. The van der Waals surface area contributed by atoms with Crippen LogP contribution in [-0.2, 0) is 4.79 Å². The minimum absolute atomic E-state index is 0.105. The Labute approximate surface area is 114 Å². The van der Waals surface area contributed by atoms with E-state index in [1.807, 2.05) is 35.2 Å². The van der Waals surface area contributed by atoms with Gasteiger partial charge in [-0.3, -0.25) is 4.79 Å². The fourth-order valence-corrected chi connectivity index (χ4v) is 2.60. The first-order chi connectivity index (χ1) is 9.22. The molecule has 0 aromatic heterocycles. The van der Waals surface area contributed by atoms with Crippen molar-refractivity contribution < 1.29 is 4.79 Å². The second kappa shape index (κ2) is 6.40. The van der Waals surface area contributed by atoms with Crippen molar-refractivity contribution in [3.63, 3.8) is 0 Å². The zero-order valence-corrected chi connectivity index (χ0v) is 11.3. The van der Waals surface area contributed by atoms with Crippen molar-refractivity contribution in [1.29, 1.82) is 0 Å². The highest BCUT2D eigenvalue weighted by molar-refractivity contribution is 5.94. The lowest BCUT2D eigenvalue weighted by atomic mass is 9.96. The summed E-state index contributed by atoms with van der Waals surface area (Å²) in [6.45, 7) is 2.59. The monoisotopic (exact) mass is 256 g/mol. The Bertz CT molecular complexity index is 486. The third-order valence-corrected chi connectivity index (χ3v) is 3.62. The number of likely N-dealkylation sites (tertiary alicyclic amines) is 1. The molecule has 100 valence electrons. The van der Waals surface area contributed by atoms with Crippen LogP contribution in [0.5, 0.6) is 0 Å². The summed E-state index contributed by atoms with van der Waals surface area (Å²) in [5.41, 5.74) is 6.62. The predicted molar refractivity (Wildman–Crippen MR) is 76.3 cm³/mol. The molecule has 19 heavy (non-hydrogen) atoms.